The fourth-order valence-electron chi connectivity index (χ4n) is 8.80. The molecule has 0 bridgehead atoms. The zero-order valence-electron chi connectivity index (χ0n) is 29.9. The molecule has 2 nitrogen and oxygen atoms in total. The second-order valence-electron chi connectivity index (χ2n) is 14.3. The number of anilines is 2. The zero-order chi connectivity index (χ0) is 35.5. The molecule has 10 rings (SSSR count). The lowest BCUT2D eigenvalue weighted by Crippen LogP contribution is -2.27. The SMILES string of the molecule is C=CC1c2cc(-c3ccc4c5c(n(-c6ccc7sc8ccccc8c7c6)c4c3)CCC=C5)ccc2N(c2cccc(-c3ccccc3)c2)C1/C=C\CC. The molecule has 2 atom stereocenters. The maximum Gasteiger partial charge on any atom is 0.0626 e. The third-order valence-corrected chi connectivity index (χ3v) is 12.4. The van der Waals surface area contributed by atoms with Crippen LogP contribution in [0, 0.1) is 0 Å². The van der Waals surface area contributed by atoms with E-state index in [9.17, 15) is 0 Å². The summed E-state index contributed by atoms with van der Waals surface area (Å²) in [6.45, 7) is 6.59. The summed E-state index contributed by atoms with van der Waals surface area (Å²) in [5.74, 6) is 0.158. The molecule has 3 heterocycles. The highest BCUT2D eigenvalue weighted by Crippen LogP contribution is 2.49. The molecule has 256 valence electrons. The van der Waals surface area contributed by atoms with Gasteiger partial charge in [0.1, 0.15) is 0 Å². The van der Waals surface area contributed by atoms with Crippen molar-refractivity contribution in [3.05, 3.63) is 181 Å². The first kappa shape index (κ1) is 31.8. The lowest BCUT2D eigenvalue weighted by atomic mass is 9.91. The number of hydrogen-bond donors (Lipinski definition) is 0. The van der Waals surface area contributed by atoms with Gasteiger partial charge in [-0.25, -0.2) is 0 Å². The molecule has 0 N–H and O–H groups in total. The highest BCUT2D eigenvalue weighted by atomic mass is 32.1. The van der Waals surface area contributed by atoms with E-state index in [1.54, 1.807) is 0 Å². The molecule has 1 aliphatic carbocycles. The van der Waals surface area contributed by atoms with E-state index in [1.165, 1.54) is 87.2 Å². The van der Waals surface area contributed by atoms with E-state index in [-0.39, 0.29) is 12.0 Å². The second-order valence-corrected chi connectivity index (χ2v) is 15.4. The minimum atomic E-state index is 0.144. The molecule has 0 saturated heterocycles. The summed E-state index contributed by atoms with van der Waals surface area (Å²) in [6, 6.07) is 49.8. The largest absolute Gasteiger partial charge is 0.333 e. The molecule has 3 heteroatoms. The number of benzene rings is 6. The summed E-state index contributed by atoms with van der Waals surface area (Å²) < 4.78 is 5.22. The van der Waals surface area contributed by atoms with E-state index in [2.05, 4.69) is 187 Å². The molecule has 0 amide bonds. The Bertz CT molecular complexity index is 2760. The standard InChI is InChI=1S/C50H40N2S/c1-3-5-20-45-39(4-2)43-30-35(24-27-47(43)51(45)37-17-13-16-34(29-37)33-14-7-6-8-15-33)36-23-26-41-40-18-9-11-21-46(40)52(48(41)31-36)38-25-28-50-44(32-38)42-19-10-12-22-49(42)53-50/h4-10,12-20,22-32,39,45H,2-3,11,21H2,1H3/b20-5-. The number of hydrogen-bond acceptors (Lipinski definition) is 2. The van der Waals surface area contributed by atoms with E-state index in [4.69, 9.17) is 0 Å². The molecule has 0 saturated carbocycles. The van der Waals surface area contributed by atoms with Crippen LogP contribution in [0.5, 0.6) is 0 Å². The van der Waals surface area contributed by atoms with Crippen LogP contribution in [0.4, 0.5) is 11.4 Å². The number of thiophene rings is 1. The molecule has 0 radical (unpaired) electrons. The molecule has 53 heavy (non-hydrogen) atoms. The lowest BCUT2D eigenvalue weighted by molar-refractivity contribution is 0.751. The highest BCUT2D eigenvalue weighted by Gasteiger charge is 2.36. The van der Waals surface area contributed by atoms with Gasteiger partial charge in [-0.1, -0.05) is 116 Å². The van der Waals surface area contributed by atoms with Gasteiger partial charge in [-0.15, -0.1) is 17.9 Å². The van der Waals surface area contributed by atoms with Gasteiger partial charge in [-0.05, 0) is 102 Å². The van der Waals surface area contributed by atoms with Crippen LogP contribution < -0.4 is 4.90 Å². The minimum Gasteiger partial charge on any atom is -0.333 e. The van der Waals surface area contributed by atoms with E-state index < -0.39 is 0 Å². The van der Waals surface area contributed by atoms with Crippen molar-refractivity contribution in [2.75, 3.05) is 4.90 Å². The fraction of sp³-hybridized carbons (Fsp3) is 0.120. The maximum atomic E-state index is 4.39. The molecule has 2 unspecified atom stereocenters. The molecule has 0 fully saturated rings. The summed E-state index contributed by atoms with van der Waals surface area (Å²) in [6.07, 6.45) is 14.6. The Labute approximate surface area is 315 Å². The quantitative estimate of drug-likeness (QED) is 0.150. The topological polar surface area (TPSA) is 8.17 Å². The van der Waals surface area contributed by atoms with Crippen LogP contribution in [0.15, 0.2) is 164 Å². The summed E-state index contributed by atoms with van der Waals surface area (Å²) in [5.41, 5.74) is 13.9. The van der Waals surface area contributed by atoms with Crippen molar-refractivity contribution in [2.45, 2.75) is 38.1 Å². The summed E-state index contributed by atoms with van der Waals surface area (Å²) in [4.78, 5) is 2.52. The molecular weight excluding hydrogens is 661 g/mol. The first-order chi connectivity index (χ1) is 26.2. The van der Waals surface area contributed by atoms with Gasteiger partial charge in [0.25, 0.3) is 0 Å². The van der Waals surface area contributed by atoms with Crippen LogP contribution in [0.1, 0.15) is 42.5 Å². The van der Waals surface area contributed by atoms with Crippen molar-refractivity contribution in [1.82, 2.24) is 4.57 Å². The molecular formula is C50H40N2S. The molecule has 1 aliphatic heterocycles. The van der Waals surface area contributed by atoms with Gasteiger partial charge in [-0.3, -0.25) is 0 Å². The van der Waals surface area contributed by atoms with Crippen molar-refractivity contribution in [3.63, 3.8) is 0 Å². The summed E-state index contributed by atoms with van der Waals surface area (Å²) in [5, 5.41) is 3.98. The Hall–Kier alpha value is -5.90. The molecule has 2 aliphatic rings. The van der Waals surface area contributed by atoms with Crippen molar-refractivity contribution >= 4 is 59.9 Å². The number of fused-ring (bicyclic) bond motifs is 7. The van der Waals surface area contributed by atoms with Crippen molar-refractivity contribution in [2.24, 2.45) is 0 Å². The van der Waals surface area contributed by atoms with E-state index in [0.29, 0.717) is 0 Å². The third kappa shape index (κ3) is 5.22. The van der Waals surface area contributed by atoms with Crippen LogP contribution in [-0.2, 0) is 6.42 Å². The Morgan fingerprint density at radius 3 is 2.38 bits per heavy atom. The molecule has 6 aromatic carbocycles. The van der Waals surface area contributed by atoms with Crippen LogP contribution in [0.3, 0.4) is 0 Å². The van der Waals surface area contributed by atoms with Crippen LogP contribution in [-0.4, -0.2) is 10.6 Å². The number of allylic oxidation sites excluding steroid dienone is 2. The van der Waals surface area contributed by atoms with Gasteiger partial charge in [0.05, 0.1) is 11.6 Å². The highest BCUT2D eigenvalue weighted by molar-refractivity contribution is 7.25. The first-order valence-corrected chi connectivity index (χ1v) is 19.7. The lowest BCUT2D eigenvalue weighted by Gasteiger charge is -2.28. The van der Waals surface area contributed by atoms with Crippen LogP contribution in [0.25, 0.3) is 65.1 Å². The zero-order valence-corrected chi connectivity index (χ0v) is 30.7. The molecule has 0 spiro atoms. The van der Waals surface area contributed by atoms with Crippen molar-refractivity contribution < 1.29 is 0 Å². The monoisotopic (exact) mass is 700 g/mol. The van der Waals surface area contributed by atoms with Gasteiger partial charge in [-0.2, -0.15) is 0 Å². The van der Waals surface area contributed by atoms with Crippen molar-refractivity contribution in [1.29, 1.82) is 0 Å². The van der Waals surface area contributed by atoms with Crippen LogP contribution in [0.2, 0.25) is 0 Å². The van der Waals surface area contributed by atoms with Gasteiger partial charge < -0.3 is 9.47 Å². The smallest absolute Gasteiger partial charge is 0.0626 e. The Morgan fingerprint density at radius 2 is 1.49 bits per heavy atom. The van der Waals surface area contributed by atoms with Crippen LogP contribution >= 0.6 is 11.3 Å². The average molecular weight is 701 g/mol. The van der Waals surface area contributed by atoms with E-state index >= 15 is 0 Å². The molecule has 2 aromatic heterocycles. The minimum absolute atomic E-state index is 0.144. The number of nitrogens with zero attached hydrogens (tertiary/aromatic N) is 2. The Kier molecular flexibility index (Phi) is 7.77. The predicted molar refractivity (Wildman–Crippen MR) is 229 cm³/mol. The van der Waals surface area contributed by atoms with Gasteiger partial charge in [0, 0.05) is 59.8 Å². The van der Waals surface area contributed by atoms with Gasteiger partial charge >= 0.3 is 0 Å². The Morgan fingerprint density at radius 1 is 0.698 bits per heavy atom. The van der Waals surface area contributed by atoms with Crippen molar-refractivity contribution in [3.8, 4) is 27.9 Å². The second kappa shape index (κ2) is 12.9. The third-order valence-electron chi connectivity index (χ3n) is 11.3. The molecule has 8 aromatic rings. The maximum absolute atomic E-state index is 4.39. The van der Waals surface area contributed by atoms with Gasteiger partial charge in [0.2, 0.25) is 0 Å². The summed E-state index contributed by atoms with van der Waals surface area (Å²) in [7, 11) is 0. The normalized spacial score (nSPS) is 16.6. The van der Waals surface area contributed by atoms with E-state index in [1.807, 2.05) is 11.3 Å². The Balaban J connectivity index is 1.11. The number of rotatable bonds is 7. The van der Waals surface area contributed by atoms with E-state index in [0.717, 1.165) is 19.3 Å². The summed E-state index contributed by atoms with van der Waals surface area (Å²) >= 11 is 1.88. The predicted octanol–water partition coefficient (Wildman–Crippen LogP) is 14.0. The first-order valence-electron chi connectivity index (χ1n) is 18.8. The fourth-order valence-corrected chi connectivity index (χ4v) is 9.88. The average Bonchev–Trinajstić information content (AvgIpc) is 3.86. The van der Waals surface area contributed by atoms with Gasteiger partial charge in [0.15, 0.2) is 0 Å². The number of aromatic nitrogens is 1.